The molecule has 0 saturated heterocycles. The maximum absolute atomic E-state index is 5.68. The summed E-state index contributed by atoms with van der Waals surface area (Å²) in [5.41, 5.74) is -0.167. The van der Waals surface area contributed by atoms with Crippen molar-refractivity contribution in [2.45, 2.75) is 44.6 Å². The highest BCUT2D eigenvalue weighted by molar-refractivity contribution is 5.20. The van der Waals surface area contributed by atoms with E-state index in [0.717, 1.165) is 31.0 Å². The molecule has 2 aromatic rings. The smallest absolute Gasteiger partial charge is 0.223 e. The van der Waals surface area contributed by atoms with E-state index >= 15 is 0 Å². The summed E-state index contributed by atoms with van der Waals surface area (Å²) in [6.07, 6.45) is 5.73. The van der Waals surface area contributed by atoms with E-state index in [1.807, 2.05) is 37.3 Å². The van der Waals surface area contributed by atoms with Gasteiger partial charge in [-0.3, -0.25) is 0 Å². The first-order valence-electron chi connectivity index (χ1n) is 9.10. The van der Waals surface area contributed by atoms with Crippen LogP contribution in [0.5, 0.6) is 5.75 Å². The van der Waals surface area contributed by atoms with Crippen molar-refractivity contribution in [1.29, 1.82) is 0 Å². The first kappa shape index (κ1) is 17.9. The molecular weight excluding hydrogens is 318 g/mol. The summed E-state index contributed by atoms with van der Waals surface area (Å²) in [6, 6.07) is 9.79. The standard InChI is InChI=1S/C19H27N3O3/c1-16-21-18(22-25-16)19(10-6-3-7-11-19)20-12-13-23-14-15-24-17-8-4-2-5-9-17/h2,4-5,8-9,20H,3,6-7,10-15H2,1H3. The first-order chi connectivity index (χ1) is 12.3. The Morgan fingerprint density at radius 3 is 2.60 bits per heavy atom. The van der Waals surface area contributed by atoms with E-state index < -0.39 is 0 Å². The Balaban J connectivity index is 1.39. The maximum Gasteiger partial charge on any atom is 0.223 e. The quantitative estimate of drug-likeness (QED) is 0.704. The largest absolute Gasteiger partial charge is 0.491 e. The average Bonchev–Trinajstić information content (AvgIpc) is 3.10. The van der Waals surface area contributed by atoms with Gasteiger partial charge >= 0.3 is 0 Å². The number of para-hydroxylation sites is 1. The van der Waals surface area contributed by atoms with E-state index in [0.29, 0.717) is 25.7 Å². The average molecular weight is 345 g/mol. The number of aryl methyl sites for hydroxylation is 1. The Labute approximate surface area is 148 Å². The van der Waals surface area contributed by atoms with Crippen molar-refractivity contribution >= 4 is 0 Å². The SMILES string of the molecule is Cc1nc(C2(NCCOCCOc3ccccc3)CCCCC2)no1. The lowest BCUT2D eigenvalue weighted by Gasteiger charge is -2.35. The van der Waals surface area contributed by atoms with Gasteiger partial charge in [-0.15, -0.1) is 0 Å². The van der Waals surface area contributed by atoms with Gasteiger partial charge in [0.2, 0.25) is 5.89 Å². The van der Waals surface area contributed by atoms with Gasteiger partial charge in [0, 0.05) is 13.5 Å². The number of nitrogens with one attached hydrogen (secondary N) is 1. The zero-order chi connectivity index (χ0) is 17.4. The van der Waals surface area contributed by atoms with Gasteiger partial charge in [-0.25, -0.2) is 0 Å². The molecule has 0 radical (unpaired) electrons. The van der Waals surface area contributed by atoms with Crippen molar-refractivity contribution in [1.82, 2.24) is 15.5 Å². The second kappa shape index (κ2) is 8.97. The van der Waals surface area contributed by atoms with E-state index in [9.17, 15) is 0 Å². The van der Waals surface area contributed by atoms with E-state index in [2.05, 4.69) is 15.5 Å². The third kappa shape index (κ3) is 5.03. The summed E-state index contributed by atoms with van der Waals surface area (Å²) in [4.78, 5) is 4.47. The molecule has 1 N–H and O–H groups in total. The second-order valence-electron chi connectivity index (χ2n) is 6.48. The highest BCUT2D eigenvalue weighted by Gasteiger charge is 2.37. The fourth-order valence-corrected chi connectivity index (χ4v) is 3.33. The Morgan fingerprint density at radius 1 is 1.08 bits per heavy atom. The first-order valence-corrected chi connectivity index (χ1v) is 9.10. The van der Waals surface area contributed by atoms with Gasteiger partial charge in [0.25, 0.3) is 0 Å². The van der Waals surface area contributed by atoms with Crippen LogP contribution in [0.3, 0.4) is 0 Å². The van der Waals surface area contributed by atoms with Gasteiger partial charge in [-0.2, -0.15) is 4.98 Å². The van der Waals surface area contributed by atoms with Gasteiger partial charge in [0.15, 0.2) is 5.82 Å². The Morgan fingerprint density at radius 2 is 1.88 bits per heavy atom. The van der Waals surface area contributed by atoms with E-state index in [1.165, 1.54) is 19.3 Å². The molecule has 1 aliphatic carbocycles. The summed E-state index contributed by atoms with van der Waals surface area (Å²) in [6.45, 7) is 4.36. The van der Waals surface area contributed by atoms with Crippen LogP contribution in [-0.4, -0.2) is 36.5 Å². The Hall–Kier alpha value is -1.92. The molecule has 1 fully saturated rings. The van der Waals surface area contributed by atoms with Crippen LogP contribution in [0.4, 0.5) is 0 Å². The van der Waals surface area contributed by atoms with Gasteiger partial charge in [0.1, 0.15) is 12.4 Å². The molecule has 6 heteroatoms. The van der Waals surface area contributed by atoms with Crippen molar-refractivity contribution in [3.63, 3.8) is 0 Å². The number of ether oxygens (including phenoxy) is 2. The number of hydrogen-bond acceptors (Lipinski definition) is 6. The summed E-state index contributed by atoms with van der Waals surface area (Å²) in [7, 11) is 0. The predicted molar refractivity (Wildman–Crippen MR) is 94.6 cm³/mol. The number of benzene rings is 1. The van der Waals surface area contributed by atoms with Crippen LogP contribution in [0.1, 0.15) is 43.8 Å². The fraction of sp³-hybridized carbons (Fsp3) is 0.579. The van der Waals surface area contributed by atoms with Gasteiger partial charge < -0.3 is 19.3 Å². The summed E-state index contributed by atoms with van der Waals surface area (Å²) in [5, 5.41) is 7.79. The van der Waals surface area contributed by atoms with E-state index in [-0.39, 0.29) is 5.54 Å². The van der Waals surface area contributed by atoms with Crippen LogP contribution in [0.15, 0.2) is 34.9 Å². The zero-order valence-corrected chi connectivity index (χ0v) is 14.9. The molecule has 1 aromatic heterocycles. The van der Waals surface area contributed by atoms with Crippen LogP contribution < -0.4 is 10.1 Å². The van der Waals surface area contributed by atoms with Gasteiger partial charge in [0.05, 0.1) is 18.8 Å². The van der Waals surface area contributed by atoms with Crippen LogP contribution in [0.25, 0.3) is 0 Å². The van der Waals surface area contributed by atoms with E-state index in [1.54, 1.807) is 0 Å². The molecule has 0 spiro atoms. The molecule has 3 rings (SSSR count). The van der Waals surface area contributed by atoms with Crippen LogP contribution >= 0.6 is 0 Å². The number of nitrogens with zero attached hydrogens (tertiary/aromatic N) is 2. The zero-order valence-electron chi connectivity index (χ0n) is 14.9. The van der Waals surface area contributed by atoms with Crippen molar-refractivity contribution < 1.29 is 14.0 Å². The molecule has 0 aliphatic heterocycles. The lowest BCUT2D eigenvalue weighted by molar-refractivity contribution is 0.0915. The Kier molecular flexibility index (Phi) is 6.42. The molecule has 1 heterocycles. The lowest BCUT2D eigenvalue weighted by atomic mass is 9.81. The topological polar surface area (TPSA) is 69.4 Å². The minimum Gasteiger partial charge on any atom is -0.491 e. The summed E-state index contributed by atoms with van der Waals surface area (Å²) in [5.74, 6) is 2.28. The Bertz CT molecular complexity index is 624. The molecule has 25 heavy (non-hydrogen) atoms. The van der Waals surface area contributed by atoms with Crippen LogP contribution in [0, 0.1) is 6.92 Å². The molecule has 0 atom stereocenters. The number of aromatic nitrogens is 2. The molecule has 1 saturated carbocycles. The van der Waals surface area contributed by atoms with Crippen molar-refractivity contribution in [2.24, 2.45) is 0 Å². The second-order valence-corrected chi connectivity index (χ2v) is 6.48. The minimum atomic E-state index is -0.167. The summed E-state index contributed by atoms with van der Waals surface area (Å²) >= 11 is 0. The molecule has 6 nitrogen and oxygen atoms in total. The van der Waals surface area contributed by atoms with E-state index in [4.69, 9.17) is 14.0 Å². The molecule has 0 amide bonds. The van der Waals surface area contributed by atoms with Gasteiger partial charge in [-0.05, 0) is 25.0 Å². The predicted octanol–water partition coefficient (Wildman–Crippen LogP) is 3.22. The molecule has 1 aliphatic rings. The molecule has 1 aromatic carbocycles. The lowest BCUT2D eigenvalue weighted by Crippen LogP contribution is -2.46. The van der Waals surface area contributed by atoms with Gasteiger partial charge in [-0.1, -0.05) is 42.6 Å². The normalized spacial score (nSPS) is 16.7. The minimum absolute atomic E-state index is 0.167. The molecular formula is C19H27N3O3. The monoisotopic (exact) mass is 345 g/mol. The number of rotatable bonds is 9. The highest BCUT2D eigenvalue weighted by Crippen LogP contribution is 2.35. The van der Waals surface area contributed by atoms with Crippen molar-refractivity contribution in [3.8, 4) is 5.75 Å². The fourth-order valence-electron chi connectivity index (χ4n) is 3.33. The highest BCUT2D eigenvalue weighted by atomic mass is 16.5. The van der Waals surface area contributed by atoms with Crippen LogP contribution in [-0.2, 0) is 10.3 Å². The molecule has 136 valence electrons. The van der Waals surface area contributed by atoms with Crippen LogP contribution in [0.2, 0.25) is 0 Å². The summed E-state index contributed by atoms with van der Waals surface area (Å²) < 4.78 is 16.5. The number of hydrogen-bond donors (Lipinski definition) is 1. The third-order valence-electron chi connectivity index (χ3n) is 4.61. The van der Waals surface area contributed by atoms with Crippen molar-refractivity contribution in [2.75, 3.05) is 26.4 Å². The molecule has 0 bridgehead atoms. The van der Waals surface area contributed by atoms with Crippen molar-refractivity contribution in [3.05, 3.63) is 42.0 Å². The molecule has 0 unspecified atom stereocenters. The maximum atomic E-state index is 5.68. The third-order valence-corrected chi connectivity index (χ3v) is 4.61.